The van der Waals surface area contributed by atoms with E-state index in [1.165, 1.54) is 0 Å². The molecule has 0 saturated carbocycles. The van der Waals surface area contributed by atoms with E-state index in [4.69, 9.17) is 5.53 Å². The lowest BCUT2D eigenvalue weighted by Crippen LogP contribution is -2.27. The summed E-state index contributed by atoms with van der Waals surface area (Å²) in [6.45, 7) is -0.459. The number of rotatable bonds is 5. The standard InChI is InChI=1S/C8H9N5O5/c9-12-11-3-6(14)7(15)5-1-4(13(17)18)2-10-8(5)16/h1-2,6-7,14-15H,3H2,(H,10,16). The molecule has 0 saturated heterocycles. The van der Waals surface area contributed by atoms with Crippen LogP contribution in [0.4, 0.5) is 5.69 Å². The molecule has 1 rings (SSSR count). The Kier molecular flexibility index (Phi) is 4.38. The zero-order valence-electron chi connectivity index (χ0n) is 8.92. The average molecular weight is 255 g/mol. The van der Waals surface area contributed by atoms with Crippen LogP contribution in [0.5, 0.6) is 0 Å². The van der Waals surface area contributed by atoms with Crippen molar-refractivity contribution in [2.24, 2.45) is 5.11 Å². The lowest BCUT2D eigenvalue weighted by atomic mass is 10.1. The summed E-state index contributed by atoms with van der Waals surface area (Å²) in [6, 6.07) is 0.850. The predicted molar refractivity (Wildman–Crippen MR) is 58.7 cm³/mol. The quantitative estimate of drug-likeness (QED) is 0.221. The molecule has 18 heavy (non-hydrogen) atoms. The molecule has 1 aromatic heterocycles. The number of aliphatic hydroxyl groups is 2. The van der Waals surface area contributed by atoms with E-state index >= 15 is 0 Å². The van der Waals surface area contributed by atoms with Gasteiger partial charge in [0, 0.05) is 11.0 Å². The molecule has 10 heteroatoms. The first-order valence-electron chi connectivity index (χ1n) is 4.71. The molecule has 2 atom stereocenters. The number of aromatic nitrogens is 1. The molecule has 0 bridgehead atoms. The normalized spacial score (nSPS) is 13.4. The first-order valence-corrected chi connectivity index (χ1v) is 4.71. The molecular weight excluding hydrogens is 246 g/mol. The molecule has 2 unspecified atom stereocenters. The van der Waals surface area contributed by atoms with E-state index in [-0.39, 0.29) is 5.56 Å². The minimum Gasteiger partial charge on any atom is -0.390 e. The highest BCUT2D eigenvalue weighted by molar-refractivity contribution is 5.31. The van der Waals surface area contributed by atoms with Gasteiger partial charge in [-0.2, -0.15) is 0 Å². The molecule has 0 fully saturated rings. The topological polar surface area (TPSA) is 165 Å². The summed E-state index contributed by atoms with van der Waals surface area (Å²) in [4.78, 5) is 25.6. The Morgan fingerprint density at radius 2 is 2.28 bits per heavy atom. The van der Waals surface area contributed by atoms with Crippen LogP contribution in [0.25, 0.3) is 10.4 Å². The van der Waals surface area contributed by atoms with Crippen LogP contribution in [-0.2, 0) is 0 Å². The molecule has 3 N–H and O–H groups in total. The van der Waals surface area contributed by atoms with Gasteiger partial charge in [0.05, 0.1) is 29.3 Å². The molecule has 0 amide bonds. The van der Waals surface area contributed by atoms with E-state index in [1.807, 2.05) is 0 Å². The van der Waals surface area contributed by atoms with Gasteiger partial charge in [-0.25, -0.2) is 0 Å². The van der Waals surface area contributed by atoms with E-state index in [0.29, 0.717) is 0 Å². The van der Waals surface area contributed by atoms with Crippen LogP contribution < -0.4 is 5.56 Å². The van der Waals surface area contributed by atoms with Crippen LogP contribution in [0, 0.1) is 10.1 Å². The lowest BCUT2D eigenvalue weighted by molar-refractivity contribution is -0.385. The monoisotopic (exact) mass is 255 g/mol. The van der Waals surface area contributed by atoms with Gasteiger partial charge in [-0.05, 0) is 5.53 Å². The van der Waals surface area contributed by atoms with Crippen molar-refractivity contribution in [3.63, 3.8) is 0 Å². The fourth-order valence-electron chi connectivity index (χ4n) is 1.24. The van der Waals surface area contributed by atoms with Crippen LogP contribution in [-0.4, -0.2) is 32.8 Å². The summed E-state index contributed by atoms with van der Waals surface area (Å²) in [5.41, 5.74) is 6.48. The summed E-state index contributed by atoms with van der Waals surface area (Å²) >= 11 is 0. The highest BCUT2D eigenvalue weighted by Crippen LogP contribution is 2.17. The zero-order chi connectivity index (χ0) is 13.7. The number of pyridine rings is 1. The van der Waals surface area contributed by atoms with Gasteiger partial charge in [-0.3, -0.25) is 14.9 Å². The number of nitrogens with one attached hydrogen (secondary N) is 1. The van der Waals surface area contributed by atoms with Crippen LogP contribution in [0.3, 0.4) is 0 Å². The minimum atomic E-state index is -1.68. The van der Waals surface area contributed by atoms with E-state index in [9.17, 15) is 25.1 Å². The Labute approximate surface area is 99.3 Å². The zero-order valence-corrected chi connectivity index (χ0v) is 8.92. The van der Waals surface area contributed by atoms with E-state index in [2.05, 4.69) is 15.0 Å². The van der Waals surface area contributed by atoms with Crippen LogP contribution in [0.2, 0.25) is 0 Å². The maximum atomic E-state index is 11.4. The first kappa shape index (κ1) is 13.6. The Hall–Kier alpha value is -2.42. The number of H-pyrrole nitrogens is 1. The highest BCUT2D eigenvalue weighted by atomic mass is 16.6. The third kappa shape index (κ3) is 3.04. The van der Waals surface area contributed by atoms with Crippen molar-refractivity contribution in [1.29, 1.82) is 0 Å². The van der Waals surface area contributed by atoms with Gasteiger partial charge in [0.25, 0.3) is 11.2 Å². The maximum Gasteiger partial charge on any atom is 0.285 e. The molecular formula is C8H9N5O5. The molecule has 96 valence electrons. The summed E-state index contributed by atoms with van der Waals surface area (Å²) in [7, 11) is 0. The average Bonchev–Trinajstić information content (AvgIpc) is 2.35. The molecule has 0 aliphatic rings. The van der Waals surface area contributed by atoms with Crippen LogP contribution in [0.1, 0.15) is 11.7 Å². The molecule has 0 aromatic carbocycles. The number of hydrogen-bond acceptors (Lipinski definition) is 6. The molecule has 0 radical (unpaired) electrons. The van der Waals surface area contributed by atoms with Gasteiger partial charge < -0.3 is 15.2 Å². The van der Waals surface area contributed by atoms with Gasteiger partial charge in [0.15, 0.2) is 0 Å². The van der Waals surface area contributed by atoms with Crippen molar-refractivity contribution in [3.05, 3.63) is 48.7 Å². The van der Waals surface area contributed by atoms with Crippen molar-refractivity contribution < 1.29 is 15.1 Å². The summed E-state index contributed by atoms with van der Waals surface area (Å²) < 4.78 is 0. The highest BCUT2D eigenvalue weighted by Gasteiger charge is 2.23. The Bertz CT molecular complexity index is 549. The molecule has 0 aliphatic carbocycles. The Morgan fingerprint density at radius 3 is 2.83 bits per heavy atom. The Balaban J connectivity index is 3.07. The van der Waals surface area contributed by atoms with Crippen molar-refractivity contribution in [2.75, 3.05) is 6.54 Å². The smallest absolute Gasteiger partial charge is 0.285 e. The molecule has 0 aliphatic heterocycles. The van der Waals surface area contributed by atoms with Crippen molar-refractivity contribution in [2.45, 2.75) is 12.2 Å². The number of aromatic amines is 1. The largest absolute Gasteiger partial charge is 0.390 e. The second-order valence-electron chi connectivity index (χ2n) is 3.33. The first-order chi connectivity index (χ1) is 8.47. The maximum absolute atomic E-state index is 11.4. The second kappa shape index (κ2) is 5.77. The van der Waals surface area contributed by atoms with Crippen molar-refractivity contribution >= 4 is 5.69 Å². The van der Waals surface area contributed by atoms with E-state index in [1.54, 1.807) is 0 Å². The van der Waals surface area contributed by atoms with E-state index < -0.39 is 34.9 Å². The Morgan fingerprint density at radius 1 is 1.61 bits per heavy atom. The SMILES string of the molecule is [N-]=[N+]=NCC(O)C(O)c1cc([N+](=O)[O-])c[nH]c1=O. The number of nitro groups is 1. The van der Waals surface area contributed by atoms with Gasteiger partial charge in [0.1, 0.15) is 6.10 Å². The number of aliphatic hydroxyl groups excluding tert-OH is 2. The summed E-state index contributed by atoms with van der Waals surface area (Å²) in [5.74, 6) is 0. The van der Waals surface area contributed by atoms with Gasteiger partial charge in [-0.15, -0.1) is 0 Å². The second-order valence-corrected chi connectivity index (χ2v) is 3.33. The van der Waals surface area contributed by atoms with Gasteiger partial charge in [0.2, 0.25) is 0 Å². The lowest BCUT2D eigenvalue weighted by Gasteiger charge is -2.14. The third-order valence-electron chi connectivity index (χ3n) is 2.14. The van der Waals surface area contributed by atoms with Crippen molar-refractivity contribution in [1.82, 2.24) is 4.98 Å². The molecule has 0 spiro atoms. The predicted octanol–water partition coefficient (Wildman–Crippen LogP) is -0.0123. The summed E-state index contributed by atoms with van der Waals surface area (Å²) in [6.07, 6.45) is -2.33. The number of azide groups is 1. The van der Waals surface area contributed by atoms with E-state index in [0.717, 1.165) is 12.3 Å². The molecule has 10 nitrogen and oxygen atoms in total. The number of nitrogens with zero attached hydrogens (tertiary/aromatic N) is 4. The third-order valence-corrected chi connectivity index (χ3v) is 2.14. The number of hydrogen-bond donors (Lipinski definition) is 3. The molecule has 1 aromatic rings. The van der Waals surface area contributed by atoms with Crippen LogP contribution >= 0.6 is 0 Å². The fourth-order valence-corrected chi connectivity index (χ4v) is 1.24. The van der Waals surface area contributed by atoms with Gasteiger partial charge >= 0.3 is 0 Å². The van der Waals surface area contributed by atoms with Crippen molar-refractivity contribution in [3.8, 4) is 0 Å². The van der Waals surface area contributed by atoms with Crippen LogP contribution in [0.15, 0.2) is 22.2 Å². The fraction of sp³-hybridized carbons (Fsp3) is 0.375. The minimum absolute atomic E-state index is 0.371. The molecule has 1 heterocycles. The summed E-state index contributed by atoms with van der Waals surface area (Å²) in [5, 5.41) is 32.6. The van der Waals surface area contributed by atoms with Gasteiger partial charge in [-0.1, -0.05) is 5.11 Å².